The first-order valence-electron chi connectivity index (χ1n) is 5.77. The van der Waals surface area contributed by atoms with Crippen LogP contribution in [-0.4, -0.2) is 36.2 Å². The zero-order chi connectivity index (χ0) is 13.8. The molecule has 0 saturated heterocycles. The van der Waals surface area contributed by atoms with Crippen LogP contribution >= 0.6 is 0 Å². The second-order valence-electron chi connectivity index (χ2n) is 4.71. The molecule has 0 bridgehead atoms. The van der Waals surface area contributed by atoms with Gasteiger partial charge in [-0.15, -0.1) is 0 Å². The molecule has 18 heavy (non-hydrogen) atoms. The number of likely N-dealkylation sites (N-methyl/N-ethyl adjacent to an activating group) is 1. The van der Waals surface area contributed by atoms with Crippen LogP contribution in [0.25, 0.3) is 0 Å². The summed E-state index contributed by atoms with van der Waals surface area (Å²) in [6.45, 7) is 3.86. The van der Waals surface area contributed by atoms with E-state index in [4.69, 9.17) is 5.11 Å². The summed E-state index contributed by atoms with van der Waals surface area (Å²) >= 11 is 0. The highest BCUT2D eigenvalue weighted by Crippen LogP contribution is 2.20. The van der Waals surface area contributed by atoms with E-state index in [0.29, 0.717) is 0 Å². The molecule has 0 spiro atoms. The third-order valence-corrected chi connectivity index (χ3v) is 2.77. The number of aliphatic hydroxyl groups excluding tert-OH is 1. The van der Waals surface area contributed by atoms with Crippen molar-refractivity contribution in [1.82, 2.24) is 10.2 Å². The minimum atomic E-state index is -0.603. The highest BCUT2D eigenvalue weighted by molar-refractivity contribution is 5.74. The predicted molar refractivity (Wildman–Crippen MR) is 67.7 cm³/mol. The third kappa shape index (κ3) is 3.70. The van der Waals surface area contributed by atoms with E-state index in [1.54, 1.807) is 19.2 Å². The molecule has 1 rings (SSSR count). The number of amides is 2. The molecule has 0 atom stereocenters. The smallest absolute Gasteiger partial charge is 0.317 e. The van der Waals surface area contributed by atoms with Crippen LogP contribution in [-0.2, 0) is 5.54 Å². The van der Waals surface area contributed by atoms with E-state index in [2.05, 4.69) is 5.32 Å². The van der Waals surface area contributed by atoms with Gasteiger partial charge in [0.15, 0.2) is 0 Å². The van der Waals surface area contributed by atoms with Crippen LogP contribution in [0.5, 0.6) is 0 Å². The number of benzene rings is 1. The molecule has 0 aromatic heterocycles. The van der Waals surface area contributed by atoms with Gasteiger partial charge >= 0.3 is 6.03 Å². The molecule has 0 saturated carbocycles. The van der Waals surface area contributed by atoms with Crippen molar-refractivity contribution < 1.29 is 14.3 Å². The van der Waals surface area contributed by atoms with Gasteiger partial charge in [0, 0.05) is 13.6 Å². The molecule has 0 radical (unpaired) electrons. The fourth-order valence-electron chi connectivity index (χ4n) is 1.55. The van der Waals surface area contributed by atoms with Crippen LogP contribution in [0.3, 0.4) is 0 Å². The molecule has 0 aliphatic carbocycles. The molecule has 1 aromatic rings. The van der Waals surface area contributed by atoms with Crippen molar-refractivity contribution in [3.63, 3.8) is 0 Å². The summed E-state index contributed by atoms with van der Waals surface area (Å²) in [5, 5.41) is 11.6. The summed E-state index contributed by atoms with van der Waals surface area (Å²) in [5.74, 6) is -0.307. The summed E-state index contributed by atoms with van der Waals surface area (Å²) in [6.07, 6.45) is 0. The molecule has 5 heteroatoms. The molecule has 100 valence electrons. The normalized spacial score (nSPS) is 11.2. The number of urea groups is 1. The molecular weight excluding hydrogens is 235 g/mol. The van der Waals surface area contributed by atoms with E-state index in [1.807, 2.05) is 13.8 Å². The first-order chi connectivity index (χ1) is 8.36. The second kappa shape index (κ2) is 5.82. The fraction of sp³-hybridized carbons (Fsp3) is 0.462. The summed E-state index contributed by atoms with van der Waals surface area (Å²) in [6, 6.07) is 5.73. The zero-order valence-electron chi connectivity index (χ0n) is 10.9. The first kappa shape index (κ1) is 14.4. The summed E-state index contributed by atoms with van der Waals surface area (Å²) in [4.78, 5) is 13.2. The maximum Gasteiger partial charge on any atom is 0.317 e. The van der Waals surface area contributed by atoms with E-state index in [1.165, 1.54) is 17.0 Å². The number of halogens is 1. The van der Waals surface area contributed by atoms with Gasteiger partial charge in [-0.25, -0.2) is 9.18 Å². The number of rotatable bonds is 4. The largest absolute Gasteiger partial charge is 0.395 e. The Balaban J connectivity index is 2.75. The van der Waals surface area contributed by atoms with Crippen LogP contribution < -0.4 is 5.32 Å². The monoisotopic (exact) mass is 254 g/mol. The van der Waals surface area contributed by atoms with Crippen molar-refractivity contribution in [1.29, 1.82) is 0 Å². The quantitative estimate of drug-likeness (QED) is 0.859. The first-order valence-corrected chi connectivity index (χ1v) is 5.77. The number of carbonyl (C=O) groups excluding carboxylic acids is 1. The molecule has 0 aliphatic rings. The topological polar surface area (TPSA) is 52.6 Å². The van der Waals surface area contributed by atoms with Gasteiger partial charge in [-0.05, 0) is 31.5 Å². The molecule has 4 nitrogen and oxygen atoms in total. The van der Waals surface area contributed by atoms with Crippen LogP contribution in [0.4, 0.5) is 9.18 Å². The van der Waals surface area contributed by atoms with Crippen LogP contribution in [0.15, 0.2) is 24.3 Å². The molecule has 0 fully saturated rings. The highest BCUT2D eigenvalue weighted by Gasteiger charge is 2.24. The van der Waals surface area contributed by atoms with Crippen molar-refractivity contribution in [3.05, 3.63) is 35.6 Å². The van der Waals surface area contributed by atoms with Crippen molar-refractivity contribution in [3.8, 4) is 0 Å². The Bertz CT molecular complexity index is 404. The van der Waals surface area contributed by atoms with Crippen molar-refractivity contribution >= 4 is 6.03 Å². The molecule has 1 aromatic carbocycles. The highest BCUT2D eigenvalue weighted by atomic mass is 19.1. The van der Waals surface area contributed by atoms with Gasteiger partial charge in [0.1, 0.15) is 5.82 Å². The number of nitrogens with one attached hydrogen (secondary N) is 1. The maximum atomic E-state index is 12.8. The molecular formula is C13H19FN2O2. The van der Waals surface area contributed by atoms with E-state index in [-0.39, 0.29) is 25.0 Å². The van der Waals surface area contributed by atoms with Gasteiger partial charge < -0.3 is 15.3 Å². The van der Waals surface area contributed by atoms with Gasteiger partial charge in [-0.3, -0.25) is 0 Å². The van der Waals surface area contributed by atoms with Gasteiger partial charge in [-0.2, -0.15) is 0 Å². The average molecular weight is 254 g/mol. The van der Waals surface area contributed by atoms with E-state index >= 15 is 0 Å². The van der Waals surface area contributed by atoms with E-state index in [9.17, 15) is 9.18 Å². The number of carbonyl (C=O) groups is 1. The number of hydrogen-bond acceptors (Lipinski definition) is 2. The van der Waals surface area contributed by atoms with Crippen molar-refractivity contribution in [2.75, 3.05) is 20.2 Å². The van der Waals surface area contributed by atoms with Crippen LogP contribution in [0, 0.1) is 5.82 Å². The molecule has 0 heterocycles. The summed E-state index contributed by atoms with van der Waals surface area (Å²) in [7, 11) is 1.60. The number of aliphatic hydroxyl groups is 1. The molecule has 2 amide bonds. The molecule has 2 N–H and O–H groups in total. The Morgan fingerprint density at radius 2 is 1.94 bits per heavy atom. The Morgan fingerprint density at radius 1 is 1.39 bits per heavy atom. The van der Waals surface area contributed by atoms with Gasteiger partial charge in [-0.1, -0.05) is 12.1 Å². The lowest BCUT2D eigenvalue weighted by Crippen LogP contribution is -2.47. The minimum Gasteiger partial charge on any atom is -0.395 e. The number of nitrogens with zero attached hydrogens (tertiary/aromatic N) is 1. The minimum absolute atomic E-state index is 0.0824. The standard InChI is InChI=1S/C13H19FN2O2/c1-13(2,10-4-6-11(14)7-5-10)15-12(18)16(3)8-9-17/h4-7,17H,8-9H2,1-3H3,(H,15,18). The average Bonchev–Trinajstić information content (AvgIpc) is 2.29. The lowest BCUT2D eigenvalue weighted by Gasteiger charge is -2.29. The SMILES string of the molecule is CN(CCO)C(=O)NC(C)(C)c1ccc(F)cc1. The van der Waals surface area contributed by atoms with Gasteiger partial charge in [0.25, 0.3) is 0 Å². The Morgan fingerprint density at radius 3 is 2.44 bits per heavy atom. The number of hydrogen-bond donors (Lipinski definition) is 2. The van der Waals surface area contributed by atoms with Crippen molar-refractivity contribution in [2.45, 2.75) is 19.4 Å². The predicted octanol–water partition coefficient (Wildman–Crippen LogP) is 1.69. The van der Waals surface area contributed by atoms with Crippen LogP contribution in [0.1, 0.15) is 19.4 Å². The second-order valence-corrected chi connectivity index (χ2v) is 4.71. The molecule has 0 aliphatic heterocycles. The van der Waals surface area contributed by atoms with Crippen LogP contribution in [0.2, 0.25) is 0 Å². The molecule has 0 unspecified atom stereocenters. The van der Waals surface area contributed by atoms with E-state index in [0.717, 1.165) is 5.56 Å². The Hall–Kier alpha value is -1.62. The summed E-state index contributed by atoms with van der Waals surface area (Å²) < 4.78 is 12.8. The maximum absolute atomic E-state index is 12.8. The van der Waals surface area contributed by atoms with Crippen molar-refractivity contribution in [2.24, 2.45) is 0 Å². The summed E-state index contributed by atoms with van der Waals surface area (Å²) in [5.41, 5.74) is 0.212. The lowest BCUT2D eigenvalue weighted by molar-refractivity contribution is 0.181. The third-order valence-electron chi connectivity index (χ3n) is 2.77. The van der Waals surface area contributed by atoms with Gasteiger partial charge in [0.05, 0.1) is 12.1 Å². The van der Waals surface area contributed by atoms with E-state index < -0.39 is 5.54 Å². The fourth-order valence-corrected chi connectivity index (χ4v) is 1.55. The lowest BCUT2D eigenvalue weighted by atomic mass is 9.94. The Labute approximate surface area is 106 Å². The zero-order valence-corrected chi connectivity index (χ0v) is 10.9. The Kier molecular flexibility index (Phi) is 4.67. The van der Waals surface area contributed by atoms with Gasteiger partial charge in [0.2, 0.25) is 0 Å².